The molecule has 0 amide bonds. The molecule has 2 fully saturated rings. The predicted octanol–water partition coefficient (Wildman–Crippen LogP) is 1.58. The van der Waals surface area contributed by atoms with E-state index in [0.717, 1.165) is 18.7 Å². The third-order valence-electron chi connectivity index (χ3n) is 5.51. The highest BCUT2D eigenvalue weighted by Crippen LogP contribution is 2.41. The fraction of sp³-hybridized carbons (Fsp3) is 0.368. The van der Waals surface area contributed by atoms with Gasteiger partial charge in [-0.05, 0) is 24.6 Å². The zero-order valence-electron chi connectivity index (χ0n) is 14.3. The minimum atomic E-state index is -3.43. The Morgan fingerprint density at radius 2 is 1.72 bits per heavy atom. The van der Waals surface area contributed by atoms with Gasteiger partial charge in [-0.1, -0.05) is 48.0 Å². The fourth-order valence-electron chi connectivity index (χ4n) is 3.77. The lowest BCUT2D eigenvalue weighted by atomic mass is 9.74. The number of benzene rings is 2. The highest BCUT2D eigenvalue weighted by molar-refractivity contribution is 7.89. The van der Waals surface area contributed by atoms with Gasteiger partial charge in [0.05, 0.1) is 10.4 Å². The summed E-state index contributed by atoms with van der Waals surface area (Å²) in [5.41, 5.74) is 8.33. The van der Waals surface area contributed by atoms with Crippen LogP contribution in [0.25, 0.3) is 0 Å². The van der Waals surface area contributed by atoms with E-state index in [1.807, 2.05) is 37.3 Å². The molecule has 0 radical (unpaired) electrons. The molecule has 0 saturated carbocycles. The Morgan fingerprint density at radius 1 is 1.08 bits per heavy atom. The minimum Gasteiger partial charge on any atom is -0.325 e. The van der Waals surface area contributed by atoms with Crippen molar-refractivity contribution >= 4 is 10.0 Å². The van der Waals surface area contributed by atoms with Crippen molar-refractivity contribution in [1.29, 1.82) is 0 Å². The Kier molecular flexibility index (Phi) is 3.96. The fourth-order valence-corrected chi connectivity index (χ4v) is 5.33. The second-order valence-corrected chi connectivity index (χ2v) is 9.10. The van der Waals surface area contributed by atoms with Gasteiger partial charge in [-0.2, -0.15) is 4.31 Å². The average Bonchev–Trinajstić information content (AvgIpc) is 2.54. The van der Waals surface area contributed by atoms with E-state index in [1.165, 1.54) is 5.56 Å². The number of hydrogen-bond donors (Lipinski definition) is 1. The lowest BCUT2D eigenvalue weighted by Gasteiger charge is -2.65. The summed E-state index contributed by atoms with van der Waals surface area (Å²) in [6.07, 6.45) is 0. The van der Waals surface area contributed by atoms with Crippen LogP contribution in [0.3, 0.4) is 0 Å². The van der Waals surface area contributed by atoms with Crippen molar-refractivity contribution in [2.24, 2.45) is 5.73 Å². The highest BCUT2D eigenvalue weighted by Gasteiger charge is 2.61. The van der Waals surface area contributed by atoms with Crippen molar-refractivity contribution in [2.45, 2.75) is 29.9 Å². The molecule has 2 saturated heterocycles. The number of hydrogen-bond acceptors (Lipinski definition) is 4. The molecule has 25 heavy (non-hydrogen) atoms. The zero-order chi connectivity index (χ0) is 17.7. The van der Waals surface area contributed by atoms with Gasteiger partial charge < -0.3 is 5.73 Å². The Hall–Kier alpha value is -1.73. The summed E-state index contributed by atoms with van der Waals surface area (Å²) in [5.74, 6) is 0. The first-order valence-electron chi connectivity index (χ1n) is 8.53. The van der Waals surface area contributed by atoms with Gasteiger partial charge in [-0.25, -0.2) is 8.42 Å². The summed E-state index contributed by atoms with van der Waals surface area (Å²) in [7, 11) is -3.43. The van der Waals surface area contributed by atoms with Gasteiger partial charge in [-0.3, -0.25) is 4.90 Å². The Balaban J connectivity index is 1.48. The Labute approximate surface area is 149 Å². The van der Waals surface area contributed by atoms with Gasteiger partial charge in [0, 0.05) is 32.2 Å². The third kappa shape index (κ3) is 2.69. The number of rotatable bonds is 4. The van der Waals surface area contributed by atoms with Gasteiger partial charge >= 0.3 is 0 Å². The van der Waals surface area contributed by atoms with Gasteiger partial charge in [-0.15, -0.1) is 0 Å². The minimum absolute atomic E-state index is 0.0284. The molecule has 5 nitrogen and oxygen atoms in total. The predicted molar refractivity (Wildman–Crippen MR) is 97.5 cm³/mol. The Bertz CT molecular complexity index is 859. The summed E-state index contributed by atoms with van der Waals surface area (Å²) in [4.78, 5) is 2.67. The second-order valence-electron chi connectivity index (χ2n) is 7.16. The number of nitrogens with zero attached hydrogens (tertiary/aromatic N) is 2. The van der Waals surface area contributed by atoms with E-state index in [-0.39, 0.29) is 11.6 Å². The summed E-state index contributed by atoms with van der Waals surface area (Å²) in [6.45, 7) is 4.51. The lowest BCUT2D eigenvalue weighted by molar-refractivity contribution is -0.115. The van der Waals surface area contributed by atoms with Crippen LogP contribution in [0.2, 0.25) is 0 Å². The molecule has 1 spiro atoms. The lowest BCUT2D eigenvalue weighted by Crippen LogP contribution is -2.86. The number of aryl methyl sites for hydroxylation is 1. The van der Waals surface area contributed by atoms with Crippen LogP contribution >= 0.6 is 0 Å². The first-order chi connectivity index (χ1) is 11.9. The van der Waals surface area contributed by atoms with E-state index < -0.39 is 10.0 Å². The van der Waals surface area contributed by atoms with Crippen LogP contribution in [0.15, 0.2) is 59.5 Å². The van der Waals surface area contributed by atoms with Crippen LogP contribution in [-0.2, 0) is 16.6 Å². The molecule has 0 aromatic heterocycles. The largest absolute Gasteiger partial charge is 0.325 e. The molecule has 2 aliphatic rings. The van der Waals surface area contributed by atoms with Crippen LogP contribution in [0.4, 0.5) is 0 Å². The maximum absolute atomic E-state index is 12.8. The molecule has 2 heterocycles. The van der Waals surface area contributed by atoms with Gasteiger partial charge in [0.1, 0.15) is 0 Å². The van der Waals surface area contributed by atoms with Gasteiger partial charge in [0.2, 0.25) is 10.0 Å². The second kappa shape index (κ2) is 5.92. The average molecular weight is 357 g/mol. The number of nitrogens with two attached hydrogens (primary N) is 1. The first-order valence-corrected chi connectivity index (χ1v) is 9.97. The third-order valence-corrected chi connectivity index (χ3v) is 7.32. The standard InChI is InChI=1S/C19H23N3O2S/c1-15-7-9-17(10-8-15)25(23,24)22-13-19(14-22)18(20)12-21(19)11-16-5-3-2-4-6-16/h2-10,18H,11-14,20H2,1H3. The molecule has 6 heteroatoms. The maximum atomic E-state index is 12.8. The summed E-state index contributed by atoms with van der Waals surface area (Å²) in [5, 5.41) is 0. The van der Waals surface area contributed by atoms with Gasteiger partial charge in [0.25, 0.3) is 0 Å². The van der Waals surface area contributed by atoms with Crippen molar-refractivity contribution in [3.63, 3.8) is 0 Å². The van der Waals surface area contributed by atoms with E-state index in [4.69, 9.17) is 5.73 Å². The summed E-state index contributed by atoms with van der Waals surface area (Å²) < 4.78 is 27.1. The van der Waals surface area contributed by atoms with Crippen molar-refractivity contribution in [2.75, 3.05) is 19.6 Å². The smallest absolute Gasteiger partial charge is 0.243 e. The quantitative estimate of drug-likeness (QED) is 0.902. The first kappa shape index (κ1) is 16.7. The SMILES string of the molecule is Cc1ccc(S(=O)(=O)N2CC3(C2)C(N)CN3Cc2ccccc2)cc1. The Morgan fingerprint density at radius 3 is 2.32 bits per heavy atom. The van der Waals surface area contributed by atoms with Crippen molar-refractivity contribution < 1.29 is 8.42 Å². The van der Waals surface area contributed by atoms with Crippen LogP contribution in [-0.4, -0.2) is 48.8 Å². The molecule has 2 aromatic rings. The van der Waals surface area contributed by atoms with E-state index >= 15 is 0 Å². The summed E-state index contributed by atoms with van der Waals surface area (Å²) in [6, 6.07) is 17.3. The van der Waals surface area contributed by atoms with Crippen LogP contribution in [0.5, 0.6) is 0 Å². The van der Waals surface area contributed by atoms with Gasteiger partial charge in [0.15, 0.2) is 0 Å². The molecule has 2 aromatic carbocycles. The van der Waals surface area contributed by atoms with E-state index in [1.54, 1.807) is 16.4 Å². The topological polar surface area (TPSA) is 66.6 Å². The monoisotopic (exact) mass is 357 g/mol. The molecule has 132 valence electrons. The number of likely N-dealkylation sites (tertiary alicyclic amines) is 1. The van der Waals surface area contributed by atoms with Crippen LogP contribution in [0.1, 0.15) is 11.1 Å². The maximum Gasteiger partial charge on any atom is 0.243 e. The van der Waals surface area contributed by atoms with Crippen LogP contribution in [0, 0.1) is 6.92 Å². The molecule has 0 aliphatic carbocycles. The molecule has 4 rings (SSSR count). The normalized spacial score (nSPS) is 23.2. The van der Waals surface area contributed by atoms with E-state index in [2.05, 4.69) is 17.0 Å². The van der Waals surface area contributed by atoms with E-state index in [9.17, 15) is 8.42 Å². The molecular formula is C19H23N3O2S. The molecule has 2 aliphatic heterocycles. The molecular weight excluding hydrogens is 334 g/mol. The molecule has 1 unspecified atom stereocenters. The van der Waals surface area contributed by atoms with Crippen molar-refractivity contribution in [1.82, 2.24) is 9.21 Å². The van der Waals surface area contributed by atoms with Crippen LogP contribution < -0.4 is 5.73 Å². The van der Waals surface area contributed by atoms with Crippen molar-refractivity contribution in [3.05, 3.63) is 65.7 Å². The van der Waals surface area contributed by atoms with Crippen molar-refractivity contribution in [3.8, 4) is 0 Å². The highest BCUT2D eigenvalue weighted by atomic mass is 32.2. The number of sulfonamides is 1. The zero-order valence-corrected chi connectivity index (χ0v) is 15.1. The molecule has 2 N–H and O–H groups in total. The van der Waals surface area contributed by atoms with E-state index in [0.29, 0.717) is 18.0 Å². The molecule has 1 atom stereocenters. The summed E-state index contributed by atoms with van der Waals surface area (Å²) >= 11 is 0. The molecule has 0 bridgehead atoms.